The van der Waals surface area contributed by atoms with Crippen molar-refractivity contribution < 1.29 is 19.1 Å². The summed E-state index contributed by atoms with van der Waals surface area (Å²) >= 11 is 0. The molecule has 4 rings (SSSR count). The van der Waals surface area contributed by atoms with Gasteiger partial charge in [0.05, 0.1) is 12.6 Å². The molecule has 0 spiro atoms. The number of carbonyl (C=O) groups excluding carboxylic acids is 2. The van der Waals surface area contributed by atoms with Crippen molar-refractivity contribution in [1.82, 2.24) is 9.88 Å². The minimum Gasteiger partial charge on any atom is -0.447 e. The lowest BCUT2D eigenvalue weighted by Crippen LogP contribution is -2.49. The number of ether oxygens (including phenoxy) is 2. The number of methoxy groups -OCH3 is 1. The molecule has 8 heteroatoms. The van der Waals surface area contributed by atoms with Crippen LogP contribution in [0.4, 0.5) is 16.3 Å². The third kappa shape index (κ3) is 4.34. The van der Waals surface area contributed by atoms with Crippen LogP contribution in [0, 0.1) is 13.8 Å². The van der Waals surface area contributed by atoms with Crippen LogP contribution in [-0.2, 0) is 9.47 Å². The zero-order chi connectivity index (χ0) is 22.0. The number of amides is 2. The van der Waals surface area contributed by atoms with E-state index in [0.29, 0.717) is 37.6 Å². The Morgan fingerprint density at radius 2 is 1.87 bits per heavy atom. The first-order chi connectivity index (χ1) is 15.0. The fraction of sp³-hybridized carbons (Fsp3) is 0.435. The number of nitrogens with zero attached hydrogens (tertiary/aromatic N) is 4. The Morgan fingerprint density at radius 3 is 2.52 bits per heavy atom. The number of pyridine rings is 1. The molecule has 1 unspecified atom stereocenters. The summed E-state index contributed by atoms with van der Waals surface area (Å²) in [5.74, 6) is 0.988. The molecule has 2 aromatic rings. The number of carbonyl (C=O) groups is 2. The molecule has 0 bridgehead atoms. The van der Waals surface area contributed by atoms with Gasteiger partial charge in [-0.2, -0.15) is 0 Å². The second kappa shape index (κ2) is 8.93. The topological polar surface area (TPSA) is 75.2 Å². The highest BCUT2D eigenvalue weighted by molar-refractivity contribution is 5.96. The Morgan fingerprint density at radius 1 is 1.16 bits per heavy atom. The van der Waals surface area contributed by atoms with Gasteiger partial charge in [-0.15, -0.1) is 0 Å². The van der Waals surface area contributed by atoms with Crippen molar-refractivity contribution in [3.05, 3.63) is 53.2 Å². The number of anilines is 2. The maximum Gasteiger partial charge on any atom is 0.414 e. The molecule has 1 aromatic heterocycles. The van der Waals surface area contributed by atoms with Crippen molar-refractivity contribution in [1.29, 1.82) is 0 Å². The number of aryl methyl sites for hydroxylation is 2. The largest absolute Gasteiger partial charge is 0.447 e. The Balaban J connectivity index is 1.39. The van der Waals surface area contributed by atoms with Crippen LogP contribution in [0.15, 0.2) is 36.5 Å². The number of rotatable bonds is 5. The van der Waals surface area contributed by atoms with Crippen molar-refractivity contribution >= 4 is 23.5 Å². The van der Waals surface area contributed by atoms with E-state index in [-0.39, 0.29) is 11.9 Å². The monoisotopic (exact) mass is 424 g/mol. The zero-order valence-electron chi connectivity index (χ0n) is 18.2. The molecule has 0 radical (unpaired) electrons. The molecule has 2 aliphatic heterocycles. The molecule has 2 aliphatic rings. The van der Waals surface area contributed by atoms with Gasteiger partial charge in [-0.3, -0.25) is 9.69 Å². The van der Waals surface area contributed by atoms with Crippen LogP contribution in [0.25, 0.3) is 0 Å². The molecule has 0 N–H and O–H groups in total. The molecule has 31 heavy (non-hydrogen) atoms. The molecule has 2 amide bonds. The third-order valence-corrected chi connectivity index (χ3v) is 5.77. The van der Waals surface area contributed by atoms with Crippen LogP contribution >= 0.6 is 0 Å². The molecule has 2 fully saturated rings. The van der Waals surface area contributed by atoms with Gasteiger partial charge in [-0.25, -0.2) is 9.78 Å². The highest BCUT2D eigenvalue weighted by Crippen LogP contribution is 2.25. The number of hydrogen-bond acceptors (Lipinski definition) is 6. The molecule has 3 heterocycles. The second-order valence-corrected chi connectivity index (χ2v) is 8.04. The maximum absolute atomic E-state index is 13.0. The summed E-state index contributed by atoms with van der Waals surface area (Å²) in [5.41, 5.74) is 3.61. The summed E-state index contributed by atoms with van der Waals surface area (Å²) in [6, 6.07) is 9.09. The Labute approximate surface area is 182 Å². The first-order valence-corrected chi connectivity index (χ1v) is 10.5. The van der Waals surface area contributed by atoms with Gasteiger partial charge in [-0.05, 0) is 49.2 Å². The Hall–Kier alpha value is -3.13. The standard InChI is InChI=1S/C23H28N4O4/c1-16-12-17(2)21(24-13-16)25-8-10-26(11-9-25)22(28)18-4-6-19(7-5-18)27-20(14-30-3)15-31-23(27)29/h4-7,12-13,20H,8-11,14-15H2,1-3H3. The van der Waals surface area contributed by atoms with Crippen molar-refractivity contribution in [3.63, 3.8) is 0 Å². The van der Waals surface area contributed by atoms with E-state index >= 15 is 0 Å². The van der Waals surface area contributed by atoms with E-state index in [1.165, 1.54) is 0 Å². The summed E-state index contributed by atoms with van der Waals surface area (Å²) < 4.78 is 10.3. The minimum absolute atomic E-state index is 0.00257. The predicted octanol–water partition coefficient (Wildman–Crippen LogP) is 2.63. The zero-order valence-corrected chi connectivity index (χ0v) is 18.2. The highest BCUT2D eigenvalue weighted by Gasteiger charge is 2.34. The lowest BCUT2D eigenvalue weighted by atomic mass is 10.1. The molecule has 0 aliphatic carbocycles. The van der Waals surface area contributed by atoms with Crippen LogP contribution in [0.3, 0.4) is 0 Å². The van der Waals surface area contributed by atoms with Crippen molar-refractivity contribution in [2.45, 2.75) is 19.9 Å². The van der Waals surface area contributed by atoms with Crippen LogP contribution < -0.4 is 9.80 Å². The summed E-state index contributed by atoms with van der Waals surface area (Å²) in [6.45, 7) is 7.59. The van der Waals surface area contributed by atoms with Crippen molar-refractivity contribution in [2.24, 2.45) is 0 Å². The summed E-state index contributed by atoms with van der Waals surface area (Å²) in [7, 11) is 1.60. The summed E-state index contributed by atoms with van der Waals surface area (Å²) in [5, 5.41) is 0. The van der Waals surface area contributed by atoms with E-state index in [1.807, 2.05) is 18.0 Å². The maximum atomic E-state index is 13.0. The van der Waals surface area contributed by atoms with Gasteiger partial charge in [0, 0.05) is 50.7 Å². The van der Waals surface area contributed by atoms with E-state index in [2.05, 4.69) is 22.9 Å². The smallest absolute Gasteiger partial charge is 0.414 e. The van der Waals surface area contributed by atoms with Crippen LogP contribution in [-0.4, -0.2) is 74.4 Å². The minimum atomic E-state index is -0.391. The molecular weight excluding hydrogens is 396 g/mol. The van der Waals surface area contributed by atoms with Gasteiger partial charge < -0.3 is 19.3 Å². The molecule has 0 saturated carbocycles. The Bertz CT molecular complexity index is 955. The van der Waals surface area contributed by atoms with Gasteiger partial charge in [0.2, 0.25) is 0 Å². The van der Waals surface area contributed by atoms with Gasteiger partial charge in [-0.1, -0.05) is 6.07 Å². The lowest BCUT2D eigenvalue weighted by Gasteiger charge is -2.36. The van der Waals surface area contributed by atoms with E-state index in [9.17, 15) is 9.59 Å². The number of hydrogen-bond donors (Lipinski definition) is 0. The molecule has 164 valence electrons. The van der Waals surface area contributed by atoms with Crippen LogP contribution in [0.5, 0.6) is 0 Å². The third-order valence-electron chi connectivity index (χ3n) is 5.77. The highest BCUT2D eigenvalue weighted by atomic mass is 16.6. The molecule has 1 aromatic carbocycles. The molecular formula is C23H28N4O4. The van der Waals surface area contributed by atoms with Crippen molar-refractivity contribution in [2.75, 3.05) is 56.3 Å². The quantitative estimate of drug-likeness (QED) is 0.735. The van der Waals surface area contributed by atoms with Gasteiger partial charge in [0.15, 0.2) is 0 Å². The number of aromatic nitrogens is 1. The van der Waals surface area contributed by atoms with Gasteiger partial charge >= 0.3 is 6.09 Å². The number of benzene rings is 1. The van der Waals surface area contributed by atoms with E-state index in [4.69, 9.17) is 9.47 Å². The first-order valence-electron chi connectivity index (χ1n) is 10.5. The molecule has 1 atom stereocenters. The average molecular weight is 425 g/mol. The summed E-state index contributed by atoms with van der Waals surface area (Å²) in [6.07, 6.45) is 1.49. The summed E-state index contributed by atoms with van der Waals surface area (Å²) in [4.78, 5) is 35.3. The normalized spacial score (nSPS) is 19.0. The van der Waals surface area contributed by atoms with Crippen LogP contribution in [0.1, 0.15) is 21.5 Å². The fourth-order valence-electron chi connectivity index (χ4n) is 4.20. The van der Waals surface area contributed by atoms with Gasteiger partial charge in [0.25, 0.3) is 5.91 Å². The average Bonchev–Trinajstić information content (AvgIpc) is 3.14. The number of piperazine rings is 1. The first kappa shape index (κ1) is 21.1. The van der Waals surface area contributed by atoms with Crippen LogP contribution in [0.2, 0.25) is 0 Å². The molecule has 8 nitrogen and oxygen atoms in total. The lowest BCUT2D eigenvalue weighted by molar-refractivity contribution is 0.0746. The Kier molecular flexibility index (Phi) is 6.08. The second-order valence-electron chi connectivity index (χ2n) is 8.04. The predicted molar refractivity (Wildman–Crippen MR) is 118 cm³/mol. The number of cyclic esters (lactones) is 1. The molecule has 2 saturated heterocycles. The van der Waals surface area contributed by atoms with Crippen molar-refractivity contribution in [3.8, 4) is 0 Å². The van der Waals surface area contributed by atoms with E-state index < -0.39 is 6.09 Å². The van der Waals surface area contributed by atoms with E-state index in [0.717, 1.165) is 30.0 Å². The SMILES string of the molecule is COCC1COC(=O)N1c1ccc(C(=O)N2CCN(c3ncc(C)cc3C)CC2)cc1. The van der Waals surface area contributed by atoms with Gasteiger partial charge in [0.1, 0.15) is 12.4 Å². The fourth-order valence-corrected chi connectivity index (χ4v) is 4.20. The van der Waals surface area contributed by atoms with E-state index in [1.54, 1.807) is 36.3 Å².